The second-order valence-corrected chi connectivity index (χ2v) is 4.41. The number of hydrogen-bond acceptors (Lipinski definition) is 5. The normalized spacial score (nSPS) is 14.3. The molecule has 0 bridgehead atoms. The van der Waals surface area contributed by atoms with Gasteiger partial charge in [-0.05, 0) is 31.0 Å². The van der Waals surface area contributed by atoms with Crippen LogP contribution in [-0.4, -0.2) is 37.4 Å². The second-order valence-electron chi connectivity index (χ2n) is 4.41. The average Bonchev–Trinajstić information content (AvgIpc) is 3.20. The number of benzene rings is 1. The van der Waals surface area contributed by atoms with Crippen LogP contribution in [0.3, 0.4) is 0 Å². The Morgan fingerprint density at radius 3 is 2.83 bits per heavy atom. The maximum atomic E-state index is 11.5. The average molecular weight is 250 g/mol. The number of aliphatic hydroxyl groups excluding tert-OH is 1. The minimum absolute atomic E-state index is 0.0678. The SMILES string of the molecule is COC(=O)c1ccc(N)c(N(CCO)C2CC2)c1. The summed E-state index contributed by atoms with van der Waals surface area (Å²) in [6.45, 7) is 0.595. The first-order chi connectivity index (χ1) is 8.67. The largest absolute Gasteiger partial charge is 0.465 e. The number of esters is 1. The van der Waals surface area contributed by atoms with Gasteiger partial charge in [-0.2, -0.15) is 0 Å². The molecule has 0 spiro atoms. The van der Waals surface area contributed by atoms with Crippen molar-refractivity contribution >= 4 is 17.3 Å². The molecule has 1 aromatic rings. The summed E-state index contributed by atoms with van der Waals surface area (Å²) in [6, 6.07) is 5.50. The van der Waals surface area contributed by atoms with Crippen molar-refractivity contribution in [2.45, 2.75) is 18.9 Å². The lowest BCUT2D eigenvalue weighted by Crippen LogP contribution is -2.29. The summed E-state index contributed by atoms with van der Waals surface area (Å²) in [4.78, 5) is 13.6. The first kappa shape index (κ1) is 12.7. The van der Waals surface area contributed by atoms with Crippen molar-refractivity contribution in [3.05, 3.63) is 23.8 Å². The molecule has 0 saturated heterocycles. The third-order valence-corrected chi connectivity index (χ3v) is 3.09. The van der Waals surface area contributed by atoms with E-state index in [1.807, 2.05) is 0 Å². The van der Waals surface area contributed by atoms with Gasteiger partial charge in [0, 0.05) is 12.6 Å². The Balaban J connectivity index is 2.31. The summed E-state index contributed by atoms with van der Waals surface area (Å²) in [5.74, 6) is -0.379. The standard InChI is InChI=1S/C13H18N2O3/c1-18-13(17)9-2-5-11(14)12(8-9)15(6-7-16)10-3-4-10/h2,5,8,10,16H,3-4,6-7,14H2,1H3. The summed E-state index contributed by atoms with van der Waals surface area (Å²) >= 11 is 0. The molecule has 0 atom stereocenters. The van der Waals surface area contributed by atoms with E-state index in [1.165, 1.54) is 7.11 Å². The van der Waals surface area contributed by atoms with Gasteiger partial charge in [0.05, 0.1) is 30.7 Å². The van der Waals surface area contributed by atoms with Crippen LogP contribution in [0.5, 0.6) is 0 Å². The molecule has 0 unspecified atom stereocenters. The van der Waals surface area contributed by atoms with Gasteiger partial charge in [0.15, 0.2) is 0 Å². The number of nitrogen functional groups attached to an aromatic ring is 1. The molecule has 1 saturated carbocycles. The summed E-state index contributed by atoms with van der Waals surface area (Å²) in [6.07, 6.45) is 2.20. The number of carbonyl (C=O) groups is 1. The molecule has 3 N–H and O–H groups in total. The number of aliphatic hydroxyl groups is 1. The summed E-state index contributed by atoms with van der Waals surface area (Å²) in [5.41, 5.74) is 7.84. The lowest BCUT2D eigenvalue weighted by atomic mass is 10.1. The summed E-state index contributed by atoms with van der Waals surface area (Å²) < 4.78 is 4.70. The fourth-order valence-corrected chi connectivity index (χ4v) is 2.03. The van der Waals surface area contributed by atoms with E-state index in [1.54, 1.807) is 18.2 Å². The van der Waals surface area contributed by atoms with Crippen LogP contribution in [0.2, 0.25) is 0 Å². The van der Waals surface area contributed by atoms with Crippen molar-refractivity contribution < 1.29 is 14.6 Å². The highest BCUT2D eigenvalue weighted by atomic mass is 16.5. The van der Waals surface area contributed by atoms with Gasteiger partial charge < -0.3 is 20.5 Å². The highest BCUT2D eigenvalue weighted by molar-refractivity contribution is 5.92. The zero-order valence-electron chi connectivity index (χ0n) is 10.4. The van der Waals surface area contributed by atoms with E-state index in [9.17, 15) is 4.79 Å². The van der Waals surface area contributed by atoms with E-state index in [-0.39, 0.29) is 12.6 Å². The molecule has 0 aliphatic heterocycles. The van der Waals surface area contributed by atoms with Crippen LogP contribution in [-0.2, 0) is 4.74 Å². The number of ether oxygens (including phenoxy) is 1. The van der Waals surface area contributed by atoms with Gasteiger partial charge in [0.25, 0.3) is 0 Å². The Bertz CT molecular complexity index is 444. The van der Waals surface area contributed by atoms with E-state index in [4.69, 9.17) is 15.6 Å². The van der Waals surface area contributed by atoms with E-state index < -0.39 is 0 Å². The van der Waals surface area contributed by atoms with Gasteiger partial charge in [0.2, 0.25) is 0 Å². The molecule has 1 fully saturated rings. The van der Waals surface area contributed by atoms with Gasteiger partial charge in [-0.15, -0.1) is 0 Å². The summed E-state index contributed by atoms with van der Waals surface area (Å²) in [5, 5.41) is 9.12. The number of rotatable bonds is 5. The fraction of sp³-hybridized carbons (Fsp3) is 0.462. The third kappa shape index (κ3) is 2.56. The van der Waals surface area contributed by atoms with Gasteiger partial charge in [0.1, 0.15) is 0 Å². The first-order valence-corrected chi connectivity index (χ1v) is 6.02. The predicted octanol–water partition coefficient (Wildman–Crippen LogP) is 1.02. The topological polar surface area (TPSA) is 75.8 Å². The lowest BCUT2D eigenvalue weighted by molar-refractivity contribution is 0.0601. The highest BCUT2D eigenvalue weighted by Gasteiger charge is 2.30. The monoisotopic (exact) mass is 250 g/mol. The molecule has 0 amide bonds. The van der Waals surface area contributed by atoms with Gasteiger partial charge in [-0.3, -0.25) is 0 Å². The Morgan fingerprint density at radius 2 is 2.28 bits per heavy atom. The van der Waals surface area contributed by atoms with Crippen molar-refractivity contribution in [1.29, 1.82) is 0 Å². The molecular formula is C13H18N2O3. The van der Waals surface area contributed by atoms with Crippen LogP contribution >= 0.6 is 0 Å². The van der Waals surface area contributed by atoms with Crippen LogP contribution < -0.4 is 10.6 Å². The van der Waals surface area contributed by atoms with Gasteiger partial charge in [-0.25, -0.2) is 4.79 Å². The molecule has 5 nitrogen and oxygen atoms in total. The van der Waals surface area contributed by atoms with Crippen molar-refractivity contribution in [1.82, 2.24) is 0 Å². The number of methoxy groups -OCH3 is 1. The van der Waals surface area contributed by atoms with Gasteiger partial charge >= 0.3 is 5.97 Å². The molecule has 0 radical (unpaired) electrons. The van der Waals surface area contributed by atoms with Crippen LogP contribution in [0.15, 0.2) is 18.2 Å². The first-order valence-electron chi connectivity index (χ1n) is 6.02. The Labute approximate surface area is 106 Å². The number of nitrogens with zero attached hydrogens (tertiary/aromatic N) is 1. The zero-order valence-corrected chi connectivity index (χ0v) is 10.4. The molecule has 0 heterocycles. The Kier molecular flexibility index (Phi) is 3.72. The molecular weight excluding hydrogens is 232 g/mol. The van der Waals surface area contributed by atoms with E-state index >= 15 is 0 Å². The van der Waals surface area contributed by atoms with E-state index in [2.05, 4.69) is 4.90 Å². The maximum Gasteiger partial charge on any atom is 0.337 e. The van der Waals surface area contributed by atoms with Crippen LogP contribution in [0.4, 0.5) is 11.4 Å². The minimum Gasteiger partial charge on any atom is -0.465 e. The molecule has 2 rings (SSSR count). The van der Waals surface area contributed by atoms with E-state index in [0.717, 1.165) is 18.5 Å². The van der Waals surface area contributed by atoms with Crippen molar-refractivity contribution in [2.24, 2.45) is 0 Å². The lowest BCUT2D eigenvalue weighted by Gasteiger charge is -2.25. The van der Waals surface area contributed by atoms with Crippen molar-refractivity contribution in [3.63, 3.8) is 0 Å². The number of nitrogens with two attached hydrogens (primary N) is 1. The molecule has 0 aromatic heterocycles. The van der Waals surface area contributed by atoms with Crippen molar-refractivity contribution in [2.75, 3.05) is 30.9 Å². The zero-order chi connectivity index (χ0) is 13.1. The van der Waals surface area contributed by atoms with Crippen LogP contribution in [0.25, 0.3) is 0 Å². The highest BCUT2D eigenvalue weighted by Crippen LogP contribution is 2.35. The van der Waals surface area contributed by atoms with Gasteiger partial charge in [-0.1, -0.05) is 0 Å². The molecule has 5 heteroatoms. The number of carbonyl (C=O) groups excluding carboxylic acids is 1. The summed E-state index contributed by atoms with van der Waals surface area (Å²) in [7, 11) is 1.35. The second kappa shape index (κ2) is 5.27. The van der Waals surface area contributed by atoms with Crippen LogP contribution in [0.1, 0.15) is 23.2 Å². The quantitative estimate of drug-likeness (QED) is 0.602. The minimum atomic E-state index is -0.379. The number of hydrogen-bond donors (Lipinski definition) is 2. The fourth-order valence-electron chi connectivity index (χ4n) is 2.03. The predicted molar refractivity (Wildman–Crippen MR) is 69.6 cm³/mol. The van der Waals surface area contributed by atoms with E-state index in [0.29, 0.717) is 23.8 Å². The molecule has 1 aromatic carbocycles. The molecule has 18 heavy (non-hydrogen) atoms. The number of anilines is 2. The smallest absolute Gasteiger partial charge is 0.337 e. The Morgan fingerprint density at radius 1 is 1.56 bits per heavy atom. The molecule has 98 valence electrons. The molecule has 1 aliphatic carbocycles. The molecule has 1 aliphatic rings. The third-order valence-electron chi connectivity index (χ3n) is 3.09. The Hall–Kier alpha value is -1.75. The van der Waals surface area contributed by atoms with Crippen molar-refractivity contribution in [3.8, 4) is 0 Å². The van der Waals surface area contributed by atoms with Crippen LogP contribution in [0, 0.1) is 0 Å². The maximum absolute atomic E-state index is 11.5.